The molecular formula is C29H35N5O6. The molecule has 1 fully saturated rings. The van der Waals surface area contributed by atoms with E-state index in [0.29, 0.717) is 36.7 Å². The SMILES string of the molecule is C=CC(=O)Nc1cc(OCCN2CCOCC2)ccc1C(=O)Nc1cc(CCc2cc(OC)cc(OC)c2)[nH]n1. The molecular weight excluding hydrogens is 514 g/mol. The van der Waals surface area contributed by atoms with Gasteiger partial charge in [0.25, 0.3) is 5.91 Å². The molecule has 212 valence electrons. The standard InChI is InChI=1S/C29H35N5O6/c1-4-28(35)30-26-19-22(40-14-11-34-9-12-39-13-10-34)7-8-25(26)29(36)31-27-17-21(32-33-27)6-5-20-15-23(37-2)18-24(16-20)38-3/h4,7-8,15-19H,1,5-6,9-14H2,2-3H3,(H,30,35)(H2,31,32,33,36). The first-order valence-corrected chi connectivity index (χ1v) is 13.1. The molecule has 40 heavy (non-hydrogen) atoms. The first kappa shape index (κ1) is 28.7. The second kappa shape index (κ2) is 14.2. The van der Waals surface area contributed by atoms with E-state index < -0.39 is 11.8 Å². The average molecular weight is 550 g/mol. The second-order valence-corrected chi connectivity index (χ2v) is 9.16. The van der Waals surface area contributed by atoms with Crippen molar-refractivity contribution >= 4 is 23.3 Å². The lowest BCUT2D eigenvalue weighted by molar-refractivity contribution is -0.111. The van der Waals surface area contributed by atoms with E-state index in [9.17, 15) is 9.59 Å². The Bertz CT molecular complexity index is 1300. The monoisotopic (exact) mass is 549 g/mol. The molecule has 0 spiro atoms. The Morgan fingerprint density at radius 3 is 2.48 bits per heavy atom. The molecule has 2 amide bonds. The molecule has 0 radical (unpaired) electrons. The molecule has 3 aromatic rings. The Labute approximate surface area is 233 Å². The van der Waals surface area contributed by atoms with Crippen LogP contribution in [0.5, 0.6) is 17.2 Å². The van der Waals surface area contributed by atoms with Gasteiger partial charge in [-0.25, -0.2) is 0 Å². The van der Waals surface area contributed by atoms with Gasteiger partial charge in [-0.05, 0) is 48.7 Å². The van der Waals surface area contributed by atoms with Crippen LogP contribution in [0.25, 0.3) is 0 Å². The summed E-state index contributed by atoms with van der Waals surface area (Å²) in [5.41, 5.74) is 2.48. The second-order valence-electron chi connectivity index (χ2n) is 9.16. The lowest BCUT2D eigenvalue weighted by Gasteiger charge is -2.26. The van der Waals surface area contributed by atoms with E-state index in [1.165, 1.54) is 0 Å². The van der Waals surface area contributed by atoms with Gasteiger partial charge in [-0.1, -0.05) is 6.58 Å². The van der Waals surface area contributed by atoms with Crippen molar-refractivity contribution in [3.8, 4) is 17.2 Å². The van der Waals surface area contributed by atoms with Crippen LogP contribution in [-0.4, -0.2) is 80.6 Å². The summed E-state index contributed by atoms with van der Waals surface area (Å²) in [4.78, 5) is 27.5. The van der Waals surface area contributed by atoms with Crippen molar-refractivity contribution in [1.29, 1.82) is 0 Å². The van der Waals surface area contributed by atoms with Crippen molar-refractivity contribution < 1.29 is 28.5 Å². The summed E-state index contributed by atoms with van der Waals surface area (Å²) in [5, 5.41) is 12.7. The van der Waals surface area contributed by atoms with Crippen molar-refractivity contribution in [2.24, 2.45) is 0 Å². The fourth-order valence-corrected chi connectivity index (χ4v) is 4.24. The number of aromatic nitrogens is 2. The number of hydrogen-bond donors (Lipinski definition) is 3. The number of carbonyl (C=O) groups is 2. The van der Waals surface area contributed by atoms with Gasteiger partial charge in [0, 0.05) is 43.5 Å². The van der Waals surface area contributed by atoms with Gasteiger partial charge >= 0.3 is 0 Å². The Hall–Kier alpha value is -4.35. The van der Waals surface area contributed by atoms with Crippen LogP contribution < -0.4 is 24.8 Å². The number of anilines is 2. The van der Waals surface area contributed by atoms with Crippen molar-refractivity contribution in [1.82, 2.24) is 15.1 Å². The number of nitrogens with zero attached hydrogens (tertiary/aromatic N) is 2. The van der Waals surface area contributed by atoms with Gasteiger partial charge in [0.2, 0.25) is 5.91 Å². The van der Waals surface area contributed by atoms with Gasteiger partial charge in [0.1, 0.15) is 23.9 Å². The van der Waals surface area contributed by atoms with E-state index in [2.05, 4.69) is 32.3 Å². The Balaban J connectivity index is 1.38. The molecule has 2 aromatic carbocycles. The average Bonchev–Trinajstić information content (AvgIpc) is 3.43. The summed E-state index contributed by atoms with van der Waals surface area (Å²) in [6.07, 6.45) is 2.52. The van der Waals surface area contributed by atoms with Gasteiger partial charge in [-0.2, -0.15) is 5.10 Å². The molecule has 3 N–H and O–H groups in total. The molecule has 1 aliphatic rings. The van der Waals surface area contributed by atoms with E-state index in [1.807, 2.05) is 18.2 Å². The van der Waals surface area contributed by atoms with Crippen molar-refractivity contribution in [2.75, 3.05) is 64.3 Å². The smallest absolute Gasteiger partial charge is 0.258 e. The topological polar surface area (TPSA) is 127 Å². The van der Waals surface area contributed by atoms with Crippen molar-refractivity contribution in [3.05, 3.63) is 71.9 Å². The predicted octanol–water partition coefficient (Wildman–Crippen LogP) is 3.30. The number of aryl methyl sites for hydroxylation is 2. The maximum atomic E-state index is 13.1. The number of nitrogens with one attached hydrogen (secondary N) is 3. The number of carbonyl (C=O) groups excluding carboxylic acids is 2. The Morgan fingerprint density at radius 1 is 1.02 bits per heavy atom. The van der Waals surface area contributed by atoms with E-state index in [1.54, 1.807) is 38.5 Å². The van der Waals surface area contributed by atoms with Crippen LogP contribution in [-0.2, 0) is 22.4 Å². The van der Waals surface area contributed by atoms with Crippen molar-refractivity contribution in [3.63, 3.8) is 0 Å². The molecule has 2 heterocycles. The summed E-state index contributed by atoms with van der Waals surface area (Å²) in [6.45, 7) is 7.90. The number of hydrogen-bond acceptors (Lipinski definition) is 8. The van der Waals surface area contributed by atoms with E-state index in [-0.39, 0.29) is 5.56 Å². The molecule has 0 saturated carbocycles. The predicted molar refractivity (Wildman–Crippen MR) is 152 cm³/mol. The van der Waals surface area contributed by atoms with Crippen LogP contribution in [0.3, 0.4) is 0 Å². The minimum absolute atomic E-state index is 0.267. The highest BCUT2D eigenvalue weighted by molar-refractivity contribution is 6.11. The summed E-state index contributed by atoms with van der Waals surface area (Å²) in [5.74, 6) is 1.50. The van der Waals surface area contributed by atoms with Crippen LogP contribution >= 0.6 is 0 Å². The van der Waals surface area contributed by atoms with Gasteiger partial charge in [0.05, 0.1) is 38.7 Å². The summed E-state index contributed by atoms with van der Waals surface area (Å²) >= 11 is 0. The molecule has 0 bridgehead atoms. The van der Waals surface area contributed by atoms with Gasteiger partial charge in [-0.15, -0.1) is 0 Å². The number of ether oxygens (including phenoxy) is 4. The third kappa shape index (κ3) is 8.08. The highest BCUT2D eigenvalue weighted by Gasteiger charge is 2.17. The highest BCUT2D eigenvalue weighted by atomic mass is 16.5. The summed E-state index contributed by atoms with van der Waals surface area (Å²) < 4.78 is 21.9. The first-order chi connectivity index (χ1) is 19.5. The minimum atomic E-state index is -0.434. The molecule has 11 nitrogen and oxygen atoms in total. The van der Waals surface area contributed by atoms with E-state index in [4.69, 9.17) is 18.9 Å². The summed E-state index contributed by atoms with van der Waals surface area (Å²) in [6, 6.07) is 12.5. The van der Waals surface area contributed by atoms with Gasteiger partial charge in [-0.3, -0.25) is 19.6 Å². The van der Waals surface area contributed by atoms with E-state index >= 15 is 0 Å². The molecule has 0 atom stereocenters. The van der Waals surface area contributed by atoms with E-state index in [0.717, 1.165) is 61.7 Å². The highest BCUT2D eigenvalue weighted by Crippen LogP contribution is 2.25. The number of aromatic amines is 1. The molecule has 1 aliphatic heterocycles. The number of amides is 2. The molecule has 4 rings (SSSR count). The van der Waals surface area contributed by atoms with Crippen LogP contribution in [0.1, 0.15) is 21.6 Å². The molecule has 1 aromatic heterocycles. The largest absolute Gasteiger partial charge is 0.497 e. The third-order valence-electron chi connectivity index (χ3n) is 6.43. The minimum Gasteiger partial charge on any atom is -0.497 e. The van der Waals surface area contributed by atoms with Crippen LogP contribution in [0.4, 0.5) is 11.5 Å². The zero-order valence-corrected chi connectivity index (χ0v) is 22.8. The normalized spacial score (nSPS) is 13.3. The van der Waals surface area contributed by atoms with Gasteiger partial charge in [0.15, 0.2) is 5.82 Å². The van der Waals surface area contributed by atoms with Crippen molar-refractivity contribution in [2.45, 2.75) is 12.8 Å². The van der Waals surface area contributed by atoms with Crippen LogP contribution in [0.2, 0.25) is 0 Å². The maximum absolute atomic E-state index is 13.1. The lowest BCUT2D eigenvalue weighted by Crippen LogP contribution is -2.38. The fraction of sp³-hybridized carbons (Fsp3) is 0.345. The number of benzene rings is 2. The molecule has 11 heteroatoms. The molecule has 0 aliphatic carbocycles. The maximum Gasteiger partial charge on any atom is 0.258 e. The quantitative estimate of drug-likeness (QED) is 0.277. The number of rotatable bonds is 13. The number of H-pyrrole nitrogens is 1. The van der Waals surface area contributed by atoms with Crippen LogP contribution in [0.15, 0.2) is 55.1 Å². The third-order valence-corrected chi connectivity index (χ3v) is 6.43. The Kier molecular flexibility index (Phi) is 10.1. The zero-order valence-electron chi connectivity index (χ0n) is 22.8. The first-order valence-electron chi connectivity index (χ1n) is 13.1. The summed E-state index contributed by atoms with van der Waals surface area (Å²) in [7, 11) is 3.23. The molecule has 1 saturated heterocycles. The van der Waals surface area contributed by atoms with Crippen LogP contribution in [0, 0.1) is 0 Å². The zero-order chi connectivity index (χ0) is 28.3. The fourth-order valence-electron chi connectivity index (χ4n) is 4.24. The number of methoxy groups -OCH3 is 2. The molecule has 0 unspecified atom stereocenters. The number of morpholine rings is 1. The Morgan fingerprint density at radius 2 is 1.77 bits per heavy atom. The van der Waals surface area contributed by atoms with Gasteiger partial charge < -0.3 is 29.6 Å². The lowest BCUT2D eigenvalue weighted by atomic mass is 10.1.